The molecule has 0 amide bonds. The first-order valence-electron chi connectivity index (χ1n) is 10.3. The molecule has 7 nitrogen and oxygen atoms in total. The summed E-state index contributed by atoms with van der Waals surface area (Å²) in [7, 11) is 1.47. The number of benzene rings is 1. The highest BCUT2D eigenvalue weighted by molar-refractivity contribution is 14.0. The quantitative estimate of drug-likeness (QED) is 0.316. The molecule has 0 aliphatic carbocycles. The molecule has 0 spiro atoms. The first-order valence-corrected chi connectivity index (χ1v) is 10.3. The van der Waals surface area contributed by atoms with E-state index in [0.29, 0.717) is 12.3 Å². The SMILES string of the molecule is CCNC(=NCC(C)(O)c1ccco1)N1CCN(Cc2ccc(OC)c(F)c2)CC1.I. The average molecular weight is 546 g/mol. The van der Waals surface area contributed by atoms with Gasteiger partial charge >= 0.3 is 0 Å². The monoisotopic (exact) mass is 546 g/mol. The number of halogens is 2. The number of rotatable bonds is 7. The van der Waals surface area contributed by atoms with E-state index < -0.39 is 5.60 Å². The van der Waals surface area contributed by atoms with Crippen molar-refractivity contribution >= 4 is 29.9 Å². The number of methoxy groups -OCH3 is 1. The zero-order chi connectivity index (χ0) is 21.6. The minimum absolute atomic E-state index is 0. The van der Waals surface area contributed by atoms with Crippen LogP contribution in [0.1, 0.15) is 25.2 Å². The molecule has 31 heavy (non-hydrogen) atoms. The molecule has 1 aromatic carbocycles. The molecule has 2 aromatic rings. The molecule has 172 valence electrons. The van der Waals surface area contributed by atoms with Crippen LogP contribution >= 0.6 is 24.0 Å². The van der Waals surface area contributed by atoms with Gasteiger partial charge in [-0.2, -0.15) is 0 Å². The van der Waals surface area contributed by atoms with Crippen molar-refractivity contribution in [3.05, 3.63) is 53.7 Å². The number of hydrogen-bond acceptors (Lipinski definition) is 5. The average Bonchev–Trinajstić information content (AvgIpc) is 3.28. The molecule has 0 saturated carbocycles. The van der Waals surface area contributed by atoms with Crippen LogP contribution in [0.5, 0.6) is 5.75 Å². The third-order valence-corrected chi connectivity index (χ3v) is 5.22. The topological polar surface area (TPSA) is 73.5 Å². The first-order chi connectivity index (χ1) is 14.4. The number of nitrogens with zero attached hydrogens (tertiary/aromatic N) is 3. The molecule has 9 heteroatoms. The summed E-state index contributed by atoms with van der Waals surface area (Å²) in [4.78, 5) is 9.12. The van der Waals surface area contributed by atoms with Crippen LogP contribution in [0.3, 0.4) is 0 Å². The molecule has 1 aliphatic rings. The molecule has 1 unspecified atom stereocenters. The minimum Gasteiger partial charge on any atom is -0.494 e. The van der Waals surface area contributed by atoms with E-state index >= 15 is 0 Å². The number of hydrogen-bond donors (Lipinski definition) is 2. The molecule has 1 saturated heterocycles. The maximum atomic E-state index is 13.9. The van der Waals surface area contributed by atoms with Gasteiger partial charge in [-0.3, -0.25) is 4.90 Å². The van der Waals surface area contributed by atoms with Crippen LogP contribution in [0.4, 0.5) is 4.39 Å². The van der Waals surface area contributed by atoms with Crippen molar-refractivity contribution < 1.29 is 18.7 Å². The maximum absolute atomic E-state index is 13.9. The van der Waals surface area contributed by atoms with Gasteiger partial charge in [0.25, 0.3) is 0 Å². The molecular weight excluding hydrogens is 514 g/mol. The molecule has 1 aliphatic heterocycles. The second kappa shape index (κ2) is 11.7. The van der Waals surface area contributed by atoms with Crippen molar-refractivity contribution in [3.8, 4) is 5.75 Å². The summed E-state index contributed by atoms with van der Waals surface area (Å²) >= 11 is 0. The number of piperazine rings is 1. The molecule has 3 rings (SSSR count). The molecule has 1 fully saturated rings. The Morgan fingerprint density at radius 3 is 2.61 bits per heavy atom. The lowest BCUT2D eigenvalue weighted by atomic mass is 10.0. The van der Waals surface area contributed by atoms with E-state index in [4.69, 9.17) is 9.15 Å². The lowest BCUT2D eigenvalue weighted by molar-refractivity contribution is 0.0433. The summed E-state index contributed by atoms with van der Waals surface area (Å²) < 4.78 is 24.3. The Bertz CT molecular complexity index is 837. The summed E-state index contributed by atoms with van der Waals surface area (Å²) in [6.45, 7) is 8.64. The standard InChI is InChI=1S/C22H31FN4O3.HI/c1-4-24-21(25-16-22(2,28)20-6-5-13-30-20)27-11-9-26(10-12-27)15-17-7-8-19(29-3)18(23)14-17;/h5-8,13-14,28H,4,9-12,15-16H2,1-3H3,(H,24,25);1H. The van der Waals surface area contributed by atoms with Crippen LogP contribution in [-0.4, -0.2) is 67.2 Å². The normalized spacial score (nSPS) is 17.1. The second-order valence-corrected chi connectivity index (χ2v) is 7.65. The van der Waals surface area contributed by atoms with E-state index in [9.17, 15) is 9.50 Å². The van der Waals surface area contributed by atoms with E-state index in [2.05, 4.69) is 20.1 Å². The van der Waals surface area contributed by atoms with E-state index in [1.165, 1.54) is 13.2 Å². The smallest absolute Gasteiger partial charge is 0.194 e. The van der Waals surface area contributed by atoms with Crippen LogP contribution in [0.25, 0.3) is 0 Å². The van der Waals surface area contributed by atoms with Gasteiger partial charge in [-0.25, -0.2) is 9.38 Å². The Hall–Kier alpha value is -1.85. The van der Waals surface area contributed by atoms with Gasteiger partial charge in [0.15, 0.2) is 17.5 Å². The molecule has 0 bridgehead atoms. The minimum atomic E-state index is -1.16. The maximum Gasteiger partial charge on any atom is 0.194 e. The summed E-state index contributed by atoms with van der Waals surface area (Å²) in [6, 6.07) is 8.61. The van der Waals surface area contributed by atoms with Gasteiger partial charge in [0.1, 0.15) is 11.4 Å². The lowest BCUT2D eigenvalue weighted by Crippen LogP contribution is -2.52. The van der Waals surface area contributed by atoms with Gasteiger partial charge in [0, 0.05) is 39.3 Å². The van der Waals surface area contributed by atoms with E-state index in [1.54, 1.807) is 31.4 Å². The van der Waals surface area contributed by atoms with Gasteiger partial charge in [-0.05, 0) is 43.7 Å². The fraction of sp³-hybridized carbons (Fsp3) is 0.500. The third-order valence-electron chi connectivity index (χ3n) is 5.22. The fourth-order valence-electron chi connectivity index (χ4n) is 3.50. The summed E-state index contributed by atoms with van der Waals surface area (Å²) in [6.07, 6.45) is 1.55. The molecular formula is C22H32FIN4O3. The van der Waals surface area contributed by atoms with Gasteiger partial charge in [-0.1, -0.05) is 6.07 Å². The van der Waals surface area contributed by atoms with Gasteiger partial charge in [0.05, 0.1) is 19.9 Å². The summed E-state index contributed by atoms with van der Waals surface area (Å²) in [5.74, 6) is 1.21. The number of ether oxygens (including phenoxy) is 1. The molecule has 1 aromatic heterocycles. The van der Waals surface area contributed by atoms with Crippen molar-refractivity contribution in [1.29, 1.82) is 0 Å². The fourth-order valence-corrected chi connectivity index (χ4v) is 3.50. The summed E-state index contributed by atoms with van der Waals surface area (Å²) in [5.41, 5.74) is -0.235. The van der Waals surface area contributed by atoms with Crippen molar-refractivity contribution in [2.45, 2.75) is 26.0 Å². The van der Waals surface area contributed by atoms with Crippen LogP contribution < -0.4 is 10.1 Å². The van der Waals surface area contributed by atoms with Crippen molar-refractivity contribution in [3.63, 3.8) is 0 Å². The second-order valence-electron chi connectivity index (χ2n) is 7.65. The number of furan rings is 1. The van der Waals surface area contributed by atoms with Gasteiger partial charge in [0.2, 0.25) is 0 Å². The zero-order valence-electron chi connectivity index (χ0n) is 18.3. The molecule has 2 N–H and O–H groups in total. The molecule has 0 radical (unpaired) electrons. The Labute approximate surface area is 200 Å². The highest BCUT2D eigenvalue weighted by atomic mass is 127. The van der Waals surface area contributed by atoms with Crippen molar-refractivity contribution in [1.82, 2.24) is 15.1 Å². The van der Waals surface area contributed by atoms with E-state index in [0.717, 1.165) is 44.2 Å². The van der Waals surface area contributed by atoms with Crippen LogP contribution in [0, 0.1) is 5.82 Å². The number of guanidine groups is 1. The number of nitrogens with one attached hydrogen (secondary N) is 1. The Morgan fingerprint density at radius 1 is 1.29 bits per heavy atom. The lowest BCUT2D eigenvalue weighted by Gasteiger charge is -2.36. The Morgan fingerprint density at radius 2 is 2.03 bits per heavy atom. The molecule has 2 heterocycles. The van der Waals surface area contributed by atoms with Crippen LogP contribution in [0.15, 0.2) is 46.0 Å². The predicted octanol–water partition coefficient (Wildman–Crippen LogP) is 3.04. The predicted molar refractivity (Wildman–Crippen MR) is 129 cm³/mol. The Balaban J connectivity index is 0.00000341. The van der Waals surface area contributed by atoms with E-state index in [-0.39, 0.29) is 42.1 Å². The molecule has 1 atom stereocenters. The number of aliphatic hydroxyl groups is 1. The first kappa shape index (κ1) is 25.4. The Kier molecular flexibility index (Phi) is 9.57. The van der Waals surface area contributed by atoms with Crippen LogP contribution in [0.2, 0.25) is 0 Å². The van der Waals surface area contributed by atoms with Gasteiger partial charge < -0.3 is 24.5 Å². The summed E-state index contributed by atoms with van der Waals surface area (Å²) in [5, 5.41) is 14.0. The van der Waals surface area contributed by atoms with E-state index in [1.807, 2.05) is 13.0 Å². The third kappa shape index (κ3) is 6.81. The van der Waals surface area contributed by atoms with Crippen LogP contribution in [-0.2, 0) is 12.1 Å². The van der Waals surface area contributed by atoms with Gasteiger partial charge in [-0.15, -0.1) is 24.0 Å². The highest BCUT2D eigenvalue weighted by Crippen LogP contribution is 2.22. The number of aliphatic imine (C=N–C) groups is 1. The van der Waals surface area contributed by atoms with Crippen molar-refractivity contribution in [2.24, 2.45) is 4.99 Å². The van der Waals surface area contributed by atoms with Crippen molar-refractivity contribution in [2.75, 3.05) is 46.4 Å². The largest absolute Gasteiger partial charge is 0.494 e. The zero-order valence-corrected chi connectivity index (χ0v) is 20.6. The highest BCUT2D eigenvalue weighted by Gasteiger charge is 2.27.